The summed E-state index contributed by atoms with van der Waals surface area (Å²) in [5, 5.41) is 11.0. The van der Waals surface area contributed by atoms with Crippen molar-refractivity contribution in [3.05, 3.63) is 42.0 Å². The lowest BCUT2D eigenvalue weighted by Gasteiger charge is -2.07. The number of nitrogens with two attached hydrogens (primary N) is 1. The predicted molar refractivity (Wildman–Crippen MR) is 62.9 cm³/mol. The molecule has 0 atom stereocenters. The first-order valence-corrected chi connectivity index (χ1v) is 5.46. The van der Waals surface area contributed by atoms with Gasteiger partial charge in [0, 0.05) is 18.2 Å². The second kappa shape index (κ2) is 4.58. The molecule has 0 saturated heterocycles. The molecule has 96 valence electrons. The van der Waals surface area contributed by atoms with Crippen LogP contribution in [-0.4, -0.2) is 25.0 Å². The van der Waals surface area contributed by atoms with E-state index in [4.69, 9.17) is 10.5 Å². The summed E-state index contributed by atoms with van der Waals surface area (Å²) >= 11 is 0. The van der Waals surface area contributed by atoms with Crippen molar-refractivity contribution in [3.8, 4) is 11.6 Å². The van der Waals surface area contributed by atoms with Gasteiger partial charge in [0.2, 0.25) is 11.5 Å². The number of fused-ring (bicyclic) bond motifs is 1. The van der Waals surface area contributed by atoms with Gasteiger partial charge >= 0.3 is 0 Å². The zero-order valence-corrected chi connectivity index (χ0v) is 9.69. The molecule has 0 spiro atoms. The fourth-order valence-electron chi connectivity index (χ4n) is 1.60. The van der Waals surface area contributed by atoms with Crippen LogP contribution in [0.3, 0.4) is 0 Å². The Balaban J connectivity index is 1.97. The third kappa shape index (κ3) is 2.08. The lowest BCUT2D eigenvalue weighted by molar-refractivity contribution is 0.437. The first-order valence-electron chi connectivity index (χ1n) is 5.46. The molecule has 2 heterocycles. The number of halogens is 1. The zero-order valence-electron chi connectivity index (χ0n) is 9.69. The molecule has 0 radical (unpaired) electrons. The fraction of sp³-hybridized carbons (Fsp3) is 0.0909. The summed E-state index contributed by atoms with van der Waals surface area (Å²) in [6, 6.07) is 4.44. The van der Waals surface area contributed by atoms with Crippen LogP contribution in [0.5, 0.6) is 11.6 Å². The van der Waals surface area contributed by atoms with Crippen molar-refractivity contribution in [2.24, 2.45) is 5.73 Å². The summed E-state index contributed by atoms with van der Waals surface area (Å²) in [5.74, 6) is 0.193. The molecule has 0 saturated carbocycles. The van der Waals surface area contributed by atoms with Crippen LogP contribution in [0.15, 0.2) is 30.6 Å². The second-order valence-corrected chi connectivity index (χ2v) is 3.75. The third-order valence-electron chi connectivity index (χ3n) is 2.54. The van der Waals surface area contributed by atoms with E-state index in [2.05, 4.69) is 20.5 Å². The maximum absolute atomic E-state index is 13.6. The molecule has 8 heteroatoms. The quantitative estimate of drug-likeness (QED) is 0.752. The zero-order chi connectivity index (χ0) is 13.2. The van der Waals surface area contributed by atoms with Crippen LogP contribution in [0, 0.1) is 5.82 Å². The van der Waals surface area contributed by atoms with E-state index in [-0.39, 0.29) is 6.54 Å². The van der Waals surface area contributed by atoms with Crippen LogP contribution in [0.2, 0.25) is 0 Å². The van der Waals surface area contributed by atoms with Crippen LogP contribution >= 0.6 is 0 Å². The van der Waals surface area contributed by atoms with Crippen molar-refractivity contribution in [1.82, 2.24) is 25.0 Å². The number of nitrogens with zero attached hydrogens (tertiary/aromatic N) is 5. The third-order valence-corrected chi connectivity index (χ3v) is 2.54. The van der Waals surface area contributed by atoms with E-state index in [1.54, 1.807) is 12.1 Å². The Morgan fingerprint density at radius 1 is 1.32 bits per heavy atom. The van der Waals surface area contributed by atoms with Crippen LogP contribution in [0.4, 0.5) is 4.39 Å². The van der Waals surface area contributed by atoms with Crippen LogP contribution < -0.4 is 10.5 Å². The molecule has 3 aromatic rings. The summed E-state index contributed by atoms with van der Waals surface area (Å²) in [6.07, 6.45) is 2.93. The minimum atomic E-state index is -0.420. The molecule has 1 aromatic carbocycles. The van der Waals surface area contributed by atoms with Gasteiger partial charge in [-0.15, -0.1) is 5.10 Å². The molecule has 0 aliphatic rings. The molecule has 0 amide bonds. The van der Waals surface area contributed by atoms with E-state index in [9.17, 15) is 4.39 Å². The van der Waals surface area contributed by atoms with Crippen molar-refractivity contribution < 1.29 is 9.13 Å². The summed E-state index contributed by atoms with van der Waals surface area (Å²) < 4.78 is 20.5. The van der Waals surface area contributed by atoms with Crippen molar-refractivity contribution in [1.29, 1.82) is 0 Å². The number of benzene rings is 1. The second-order valence-electron chi connectivity index (χ2n) is 3.75. The molecule has 0 unspecified atom stereocenters. The first kappa shape index (κ1) is 11.5. The van der Waals surface area contributed by atoms with Gasteiger partial charge < -0.3 is 10.5 Å². The summed E-state index contributed by atoms with van der Waals surface area (Å²) in [7, 11) is 0. The van der Waals surface area contributed by atoms with Crippen LogP contribution in [0.25, 0.3) is 5.65 Å². The number of hydrogen-bond acceptors (Lipinski definition) is 6. The van der Waals surface area contributed by atoms with Gasteiger partial charge in [-0.3, -0.25) is 4.98 Å². The first-order chi connectivity index (χ1) is 9.28. The van der Waals surface area contributed by atoms with Gasteiger partial charge in [0.1, 0.15) is 11.6 Å². The van der Waals surface area contributed by atoms with Crippen molar-refractivity contribution in [3.63, 3.8) is 0 Å². The lowest BCUT2D eigenvalue weighted by atomic mass is 10.2. The normalized spacial score (nSPS) is 10.8. The highest BCUT2D eigenvalue weighted by atomic mass is 19.1. The Morgan fingerprint density at radius 3 is 3.00 bits per heavy atom. The van der Waals surface area contributed by atoms with E-state index in [0.29, 0.717) is 22.8 Å². The van der Waals surface area contributed by atoms with Gasteiger partial charge in [0.05, 0.1) is 12.4 Å². The standard InChI is InChI=1S/C11H9FN6O/c12-9-3-8(2-1-7(9)4-13)19-11-6-14-5-10-15-16-17-18(10)11/h1-3,5-6H,4,13H2. The van der Waals surface area contributed by atoms with E-state index in [0.717, 1.165) is 0 Å². The Bertz CT molecular complexity index is 728. The lowest BCUT2D eigenvalue weighted by Crippen LogP contribution is -2.01. The Labute approximate surface area is 106 Å². The van der Waals surface area contributed by atoms with Gasteiger partial charge in [-0.05, 0) is 16.5 Å². The minimum Gasteiger partial charge on any atom is -0.437 e. The molecule has 0 fully saturated rings. The Kier molecular flexibility index (Phi) is 2.76. The topological polar surface area (TPSA) is 91.2 Å². The average molecular weight is 260 g/mol. The number of rotatable bonds is 3. The molecule has 7 nitrogen and oxygen atoms in total. The molecular weight excluding hydrogens is 251 g/mol. The van der Waals surface area contributed by atoms with Gasteiger partial charge in [0.25, 0.3) is 0 Å². The number of hydrogen-bond donors (Lipinski definition) is 1. The maximum Gasteiger partial charge on any atom is 0.242 e. The molecule has 2 N–H and O–H groups in total. The Morgan fingerprint density at radius 2 is 2.21 bits per heavy atom. The molecule has 2 aromatic heterocycles. The highest BCUT2D eigenvalue weighted by Gasteiger charge is 2.08. The van der Waals surface area contributed by atoms with Gasteiger partial charge in [-0.2, -0.15) is 4.52 Å². The molecule has 19 heavy (non-hydrogen) atoms. The highest BCUT2D eigenvalue weighted by Crippen LogP contribution is 2.22. The van der Waals surface area contributed by atoms with Crippen molar-refractivity contribution in [2.75, 3.05) is 0 Å². The van der Waals surface area contributed by atoms with E-state index < -0.39 is 5.82 Å². The monoisotopic (exact) mass is 260 g/mol. The summed E-state index contributed by atoms with van der Waals surface area (Å²) in [5.41, 5.74) is 6.26. The smallest absolute Gasteiger partial charge is 0.242 e. The van der Waals surface area contributed by atoms with Gasteiger partial charge in [0.15, 0.2) is 0 Å². The SMILES string of the molecule is NCc1ccc(Oc2cncc3nnnn23)cc1F. The van der Waals surface area contributed by atoms with Crippen LogP contribution in [-0.2, 0) is 6.54 Å². The number of aromatic nitrogens is 5. The van der Waals surface area contributed by atoms with Gasteiger partial charge in [-0.1, -0.05) is 6.07 Å². The minimum absolute atomic E-state index is 0.135. The maximum atomic E-state index is 13.6. The summed E-state index contributed by atoms with van der Waals surface area (Å²) in [4.78, 5) is 3.94. The van der Waals surface area contributed by atoms with Gasteiger partial charge in [-0.25, -0.2) is 4.39 Å². The Hall–Kier alpha value is -2.61. The molecule has 0 aliphatic heterocycles. The fourth-order valence-corrected chi connectivity index (χ4v) is 1.60. The molecular formula is C11H9FN6O. The van der Waals surface area contributed by atoms with Crippen LogP contribution in [0.1, 0.15) is 5.56 Å². The largest absolute Gasteiger partial charge is 0.437 e. The van der Waals surface area contributed by atoms with Crippen molar-refractivity contribution >= 4 is 5.65 Å². The summed E-state index contributed by atoms with van der Waals surface area (Å²) in [6.45, 7) is 0.135. The number of ether oxygens (including phenoxy) is 1. The molecule has 0 bridgehead atoms. The number of tetrazole rings is 1. The highest BCUT2D eigenvalue weighted by molar-refractivity contribution is 5.37. The van der Waals surface area contributed by atoms with E-state index in [1.807, 2.05) is 0 Å². The molecule has 3 rings (SSSR count). The molecule has 0 aliphatic carbocycles. The van der Waals surface area contributed by atoms with Crippen molar-refractivity contribution in [2.45, 2.75) is 6.54 Å². The predicted octanol–water partition coefficient (Wildman–Crippen LogP) is 0.909. The van der Waals surface area contributed by atoms with E-state index >= 15 is 0 Å². The average Bonchev–Trinajstić information content (AvgIpc) is 2.88. The van der Waals surface area contributed by atoms with E-state index in [1.165, 1.54) is 23.0 Å².